The second kappa shape index (κ2) is 11.0. The number of aryl methyl sites for hydroxylation is 1. The topological polar surface area (TPSA) is 91.8 Å². The Morgan fingerprint density at radius 3 is 2.42 bits per heavy atom. The van der Waals surface area contributed by atoms with E-state index in [2.05, 4.69) is 20.3 Å². The summed E-state index contributed by atoms with van der Waals surface area (Å²) >= 11 is 0. The third-order valence-electron chi connectivity index (χ3n) is 3.23. The number of nitrogens with zero attached hydrogens (tertiary/aromatic N) is 1. The number of ether oxygens (including phenoxy) is 1. The summed E-state index contributed by atoms with van der Waals surface area (Å²) in [4.78, 5) is 4.35. The summed E-state index contributed by atoms with van der Waals surface area (Å²) in [6.45, 7) is 6.76. The summed E-state index contributed by atoms with van der Waals surface area (Å²) in [6, 6.07) is 6.76. The number of rotatable bonds is 10. The predicted molar refractivity (Wildman–Crippen MR) is 96.8 cm³/mol. The Bertz CT molecular complexity index is 600. The van der Waals surface area contributed by atoms with Crippen LogP contribution in [0.25, 0.3) is 0 Å². The van der Waals surface area contributed by atoms with E-state index in [0.29, 0.717) is 25.7 Å². The van der Waals surface area contributed by atoms with Crippen molar-refractivity contribution in [1.82, 2.24) is 15.4 Å². The van der Waals surface area contributed by atoms with Gasteiger partial charge in [0.2, 0.25) is 10.0 Å². The molecule has 0 saturated heterocycles. The lowest BCUT2D eigenvalue weighted by Crippen LogP contribution is -2.41. The number of aliphatic imine (C=N–C) groups is 1. The van der Waals surface area contributed by atoms with Crippen LogP contribution in [0.2, 0.25) is 0 Å². The average molecular weight is 356 g/mol. The van der Waals surface area contributed by atoms with E-state index in [0.717, 1.165) is 18.5 Å². The first kappa shape index (κ1) is 20.4. The van der Waals surface area contributed by atoms with E-state index in [4.69, 9.17) is 4.74 Å². The van der Waals surface area contributed by atoms with Crippen molar-refractivity contribution in [2.75, 3.05) is 39.9 Å². The number of nitrogens with one attached hydrogen (secondary N) is 3. The first-order valence-corrected chi connectivity index (χ1v) is 9.56. The molecule has 0 aliphatic carbocycles. The Morgan fingerprint density at radius 2 is 1.79 bits per heavy atom. The highest BCUT2D eigenvalue weighted by Crippen LogP contribution is 2.09. The molecule has 0 aliphatic rings. The molecule has 0 aliphatic heterocycles. The summed E-state index contributed by atoms with van der Waals surface area (Å²) in [5.41, 5.74) is 1.02. The maximum Gasteiger partial charge on any atom is 0.240 e. The molecule has 3 N–H and O–H groups in total. The lowest BCUT2D eigenvalue weighted by atomic mass is 10.2. The second-order valence-electron chi connectivity index (χ2n) is 5.19. The van der Waals surface area contributed by atoms with Gasteiger partial charge in [-0.05, 0) is 32.4 Å². The maximum atomic E-state index is 12.1. The van der Waals surface area contributed by atoms with Crippen LogP contribution in [0, 0.1) is 6.92 Å². The van der Waals surface area contributed by atoms with Gasteiger partial charge >= 0.3 is 0 Å². The Hall–Kier alpha value is -1.64. The third kappa shape index (κ3) is 7.76. The van der Waals surface area contributed by atoms with Gasteiger partial charge in [-0.3, -0.25) is 4.99 Å². The first-order valence-electron chi connectivity index (χ1n) is 8.08. The van der Waals surface area contributed by atoms with Crippen molar-refractivity contribution < 1.29 is 13.2 Å². The average Bonchev–Trinajstić information content (AvgIpc) is 2.57. The molecule has 0 amide bonds. The fourth-order valence-corrected chi connectivity index (χ4v) is 2.94. The van der Waals surface area contributed by atoms with E-state index in [9.17, 15) is 8.42 Å². The zero-order valence-corrected chi connectivity index (χ0v) is 15.4. The van der Waals surface area contributed by atoms with Crippen LogP contribution < -0.4 is 15.4 Å². The molecule has 136 valence electrons. The molecule has 7 nitrogen and oxygen atoms in total. The van der Waals surface area contributed by atoms with Crippen molar-refractivity contribution in [1.29, 1.82) is 0 Å². The molecule has 0 unspecified atom stereocenters. The molecule has 0 spiro atoms. The normalized spacial score (nSPS) is 12.2. The Kier molecular flexibility index (Phi) is 9.36. The van der Waals surface area contributed by atoms with Gasteiger partial charge in [0.1, 0.15) is 0 Å². The van der Waals surface area contributed by atoms with Gasteiger partial charge in [0.15, 0.2) is 5.96 Å². The van der Waals surface area contributed by atoms with E-state index in [1.807, 2.05) is 13.8 Å². The van der Waals surface area contributed by atoms with Crippen LogP contribution >= 0.6 is 0 Å². The smallest absolute Gasteiger partial charge is 0.240 e. The van der Waals surface area contributed by atoms with Crippen molar-refractivity contribution >= 4 is 16.0 Å². The van der Waals surface area contributed by atoms with Gasteiger partial charge in [-0.2, -0.15) is 0 Å². The maximum absolute atomic E-state index is 12.1. The van der Waals surface area contributed by atoms with E-state index in [-0.39, 0.29) is 11.4 Å². The van der Waals surface area contributed by atoms with Crippen LogP contribution in [-0.2, 0) is 14.8 Å². The van der Waals surface area contributed by atoms with Gasteiger partial charge in [-0.1, -0.05) is 17.7 Å². The number of sulfonamides is 1. The fraction of sp³-hybridized carbons (Fsp3) is 0.562. The van der Waals surface area contributed by atoms with Crippen LogP contribution in [0.1, 0.15) is 18.9 Å². The van der Waals surface area contributed by atoms with Crippen molar-refractivity contribution in [3.8, 4) is 0 Å². The van der Waals surface area contributed by atoms with Crippen molar-refractivity contribution in [3.05, 3.63) is 29.8 Å². The number of hydrogen-bond donors (Lipinski definition) is 3. The minimum Gasteiger partial charge on any atom is -0.382 e. The van der Waals surface area contributed by atoms with E-state index >= 15 is 0 Å². The SMILES string of the molecule is CCOCCCNC(=NC)NCCNS(=O)(=O)c1ccc(C)cc1. The van der Waals surface area contributed by atoms with Crippen molar-refractivity contribution in [3.63, 3.8) is 0 Å². The molecule has 1 rings (SSSR count). The number of guanidine groups is 1. The zero-order chi connectivity index (χ0) is 17.8. The zero-order valence-electron chi connectivity index (χ0n) is 14.6. The molecular weight excluding hydrogens is 328 g/mol. The molecule has 0 heterocycles. The van der Waals surface area contributed by atoms with Gasteiger partial charge in [0.25, 0.3) is 0 Å². The first-order chi connectivity index (χ1) is 11.5. The molecule has 24 heavy (non-hydrogen) atoms. The summed E-state index contributed by atoms with van der Waals surface area (Å²) < 4.78 is 32.1. The van der Waals surface area contributed by atoms with Crippen LogP contribution in [0.4, 0.5) is 0 Å². The Labute approximate surface area is 145 Å². The molecule has 1 aromatic carbocycles. The van der Waals surface area contributed by atoms with Gasteiger partial charge in [0.05, 0.1) is 4.90 Å². The lowest BCUT2D eigenvalue weighted by molar-refractivity contribution is 0.145. The van der Waals surface area contributed by atoms with Gasteiger partial charge in [-0.25, -0.2) is 13.1 Å². The monoisotopic (exact) mass is 356 g/mol. The van der Waals surface area contributed by atoms with Crippen molar-refractivity contribution in [2.45, 2.75) is 25.2 Å². The molecular formula is C16H28N4O3S. The minimum atomic E-state index is -3.48. The van der Waals surface area contributed by atoms with E-state index < -0.39 is 10.0 Å². The second-order valence-corrected chi connectivity index (χ2v) is 6.95. The summed E-state index contributed by atoms with van der Waals surface area (Å²) in [5, 5.41) is 6.21. The van der Waals surface area contributed by atoms with Crippen LogP contribution in [0.5, 0.6) is 0 Å². The molecule has 0 bridgehead atoms. The highest BCUT2D eigenvalue weighted by atomic mass is 32.2. The summed E-state index contributed by atoms with van der Waals surface area (Å²) in [5.74, 6) is 0.640. The third-order valence-corrected chi connectivity index (χ3v) is 4.70. The Morgan fingerprint density at radius 1 is 1.12 bits per heavy atom. The molecule has 8 heteroatoms. The highest BCUT2D eigenvalue weighted by molar-refractivity contribution is 7.89. The van der Waals surface area contributed by atoms with Gasteiger partial charge < -0.3 is 15.4 Å². The van der Waals surface area contributed by atoms with E-state index in [1.165, 1.54) is 0 Å². The fourth-order valence-electron chi connectivity index (χ4n) is 1.91. The Balaban J connectivity index is 2.29. The largest absolute Gasteiger partial charge is 0.382 e. The van der Waals surface area contributed by atoms with E-state index in [1.54, 1.807) is 31.3 Å². The lowest BCUT2D eigenvalue weighted by Gasteiger charge is -2.12. The predicted octanol–water partition coefficient (Wildman–Crippen LogP) is 0.865. The van der Waals surface area contributed by atoms with Gasteiger partial charge in [-0.15, -0.1) is 0 Å². The minimum absolute atomic E-state index is 0.270. The van der Waals surface area contributed by atoms with Crippen LogP contribution in [0.3, 0.4) is 0 Å². The quantitative estimate of drug-likeness (QED) is 0.329. The molecule has 0 aromatic heterocycles. The van der Waals surface area contributed by atoms with Gasteiger partial charge in [0, 0.05) is 39.9 Å². The molecule has 0 fully saturated rings. The van der Waals surface area contributed by atoms with Crippen LogP contribution in [-0.4, -0.2) is 54.3 Å². The summed E-state index contributed by atoms with van der Waals surface area (Å²) in [7, 11) is -1.80. The molecule has 0 radical (unpaired) electrons. The number of hydrogen-bond acceptors (Lipinski definition) is 4. The summed E-state index contributed by atoms with van der Waals surface area (Å²) in [6.07, 6.45) is 0.884. The number of benzene rings is 1. The standard InChI is InChI=1S/C16H28N4O3S/c1-4-23-13-5-10-18-16(17-3)19-11-12-20-24(21,22)15-8-6-14(2)7-9-15/h6-9,20H,4-5,10-13H2,1-3H3,(H2,17,18,19). The van der Waals surface area contributed by atoms with Crippen LogP contribution in [0.15, 0.2) is 34.2 Å². The molecule has 1 aromatic rings. The molecule has 0 atom stereocenters. The molecule has 0 saturated carbocycles. The highest BCUT2D eigenvalue weighted by Gasteiger charge is 2.12. The van der Waals surface area contributed by atoms with Crippen molar-refractivity contribution in [2.24, 2.45) is 4.99 Å².